The van der Waals surface area contributed by atoms with Gasteiger partial charge in [0.05, 0.1) is 0 Å². The van der Waals surface area contributed by atoms with Gasteiger partial charge in [0.25, 0.3) is 0 Å². The van der Waals surface area contributed by atoms with Crippen molar-refractivity contribution in [3.8, 4) is 0 Å². The van der Waals surface area contributed by atoms with Crippen LogP contribution in [0.2, 0.25) is 0 Å². The van der Waals surface area contributed by atoms with Gasteiger partial charge in [0.2, 0.25) is 0 Å². The maximum Gasteiger partial charge on any atom is 0.130 e. The summed E-state index contributed by atoms with van der Waals surface area (Å²) in [5.74, 6) is 3.15. The van der Waals surface area contributed by atoms with E-state index in [9.17, 15) is 0 Å². The van der Waals surface area contributed by atoms with Crippen LogP contribution < -0.4 is 0 Å². The van der Waals surface area contributed by atoms with Gasteiger partial charge in [-0.05, 0) is 53.1 Å². The molecule has 4 aromatic rings. The fourth-order valence-corrected chi connectivity index (χ4v) is 2.88. The van der Waals surface area contributed by atoms with Gasteiger partial charge in [-0.2, -0.15) is 0 Å². The van der Waals surface area contributed by atoms with Crippen LogP contribution in [0.3, 0.4) is 0 Å². The van der Waals surface area contributed by atoms with Gasteiger partial charge in [-0.3, -0.25) is 9.97 Å². The van der Waals surface area contributed by atoms with E-state index in [0.29, 0.717) is 23.7 Å². The van der Waals surface area contributed by atoms with Crippen molar-refractivity contribution in [1.82, 2.24) is 19.9 Å². The minimum Gasteiger partial charge on any atom is -0.264 e. The van der Waals surface area contributed by atoms with Crippen LogP contribution >= 0.6 is 0 Å². The topological polar surface area (TPSA) is 51.6 Å². The molecule has 4 rings (SSSR count). The lowest BCUT2D eigenvalue weighted by molar-refractivity contribution is 0.774. The highest BCUT2D eigenvalue weighted by Gasteiger charge is 1.98. The van der Waals surface area contributed by atoms with Gasteiger partial charge < -0.3 is 0 Å². The van der Waals surface area contributed by atoms with Gasteiger partial charge in [-0.1, -0.05) is 97.9 Å². The van der Waals surface area contributed by atoms with Gasteiger partial charge in [0, 0.05) is 42.6 Å². The first-order valence-electron chi connectivity index (χ1n) is 12.8. The molecule has 0 fully saturated rings. The summed E-state index contributed by atoms with van der Waals surface area (Å²) in [6.07, 6.45) is 9.07. The number of hydrogen-bond donors (Lipinski definition) is 0. The largest absolute Gasteiger partial charge is 0.264 e. The Hall–Kier alpha value is -3.40. The molecule has 4 heteroatoms. The van der Waals surface area contributed by atoms with E-state index in [1.807, 2.05) is 48.8 Å². The zero-order valence-corrected chi connectivity index (χ0v) is 23.3. The zero-order valence-electron chi connectivity index (χ0n) is 23.3. The van der Waals surface area contributed by atoms with E-state index >= 15 is 0 Å². The first-order valence-corrected chi connectivity index (χ1v) is 12.8. The fraction of sp³-hybridized carbons (Fsp3) is 0.375. The summed E-state index contributed by atoms with van der Waals surface area (Å²) in [7, 11) is 0. The number of pyridine rings is 2. The molecule has 3 aromatic heterocycles. The summed E-state index contributed by atoms with van der Waals surface area (Å²) in [5.41, 5.74) is 3.88. The molecule has 0 aliphatic rings. The second kappa shape index (κ2) is 18.0. The normalized spacial score (nSPS) is 10.1. The summed E-state index contributed by atoms with van der Waals surface area (Å²) in [6, 6.07) is 22.4. The summed E-state index contributed by atoms with van der Waals surface area (Å²) in [6.45, 7) is 17.2. The van der Waals surface area contributed by atoms with E-state index in [1.54, 1.807) is 18.6 Å². The molecule has 0 amide bonds. The highest BCUT2D eigenvalue weighted by atomic mass is 14.9. The molecule has 36 heavy (non-hydrogen) atoms. The first kappa shape index (κ1) is 30.6. The van der Waals surface area contributed by atoms with Gasteiger partial charge in [0.15, 0.2) is 0 Å². The predicted molar refractivity (Wildman–Crippen MR) is 153 cm³/mol. The van der Waals surface area contributed by atoms with Crippen molar-refractivity contribution in [1.29, 1.82) is 0 Å². The summed E-state index contributed by atoms with van der Waals surface area (Å²) in [5, 5.41) is 0. The van der Waals surface area contributed by atoms with E-state index in [2.05, 4.69) is 106 Å². The molecule has 0 aliphatic heterocycles. The fourth-order valence-electron chi connectivity index (χ4n) is 2.88. The van der Waals surface area contributed by atoms with Crippen molar-refractivity contribution in [2.45, 2.75) is 79.1 Å². The molecule has 0 saturated heterocycles. The van der Waals surface area contributed by atoms with Crippen LogP contribution in [-0.2, 0) is 0 Å². The van der Waals surface area contributed by atoms with Crippen LogP contribution in [0.5, 0.6) is 0 Å². The van der Waals surface area contributed by atoms with Gasteiger partial charge in [-0.25, -0.2) is 9.97 Å². The first-order chi connectivity index (χ1) is 17.2. The van der Waals surface area contributed by atoms with Crippen molar-refractivity contribution in [2.75, 3.05) is 0 Å². The lowest BCUT2D eigenvalue weighted by Gasteiger charge is -2.01. The number of aromatic nitrogens is 4. The molecule has 0 saturated carbocycles. The van der Waals surface area contributed by atoms with Crippen LogP contribution in [0.1, 0.15) is 102 Å². The highest BCUT2D eigenvalue weighted by Crippen LogP contribution is 2.12. The Labute approximate surface area is 219 Å². The SMILES string of the molecule is CC(C)c1ccccc1.CC(C)c1ccccn1.CC(C)c1cccnc1.CC(C)c1ncccn1. The Morgan fingerprint density at radius 3 is 1.33 bits per heavy atom. The van der Waals surface area contributed by atoms with Gasteiger partial charge in [-0.15, -0.1) is 0 Å². The number of rotatable bonds is 4. The molecule has 3 heterocycles. The van der Waals surface area contributed by atoms with Crippen LogP contribution in [0.25, 0.3) is 0 Å². The predicted octanol–water partition coefficient (Wildman–Crippen LogP) is 8.82. The van der Waals surface area contributed by atoms with E-state index in [4.69, 9.17) is 0 Å². The summed E-state index contributed by atoms with van der Waals surface area (Å²) in [4.78, 5) is 16.3. The maximum atomic E-state index is 4.18. The molecule has 0 aliphatic carbocycles. The third-order valence-corrected chi connectivity index (χ3v) is 5.20. The molecule has 0 bridgehead atoms. The number of nitrogens with zero attached hydrogens (tertiary/aromatic N) is 4. The van der Waals surface area contributed by atoms with Crippen molar-refractivity contribution >= 4 is 0 Å². The zero-order chi connectivity index (χ0) is 26.8. The Morgan fingerprint density at radius 2 is 1.00 bits per heavy atom. The van der Waals surface area contributed by atoms with Gasteiger partial charge >= 0.3 is 0 Å². The Kier molecular flexibility index (Phi) is 15.3. The Bertz CT molecular complexity index is 843. The third kappa shape index (κ3) is 13.5. The van der Waals surface area contributed by atoms with Crippen molar-refractivity contribution in [3.63, 3.8) is 0 Å². The minimum absolute atomic E-state index is 0.436. The van der Waals surface area contributed by atoms with Crippen molar-refractivity contribution in [2.24, 2.45) is 0 Å². The molecule has 192 valence electrons. The van der Waals surface area contributed by atoms with Crippen LogP contribution in [0.4, 0.5) is 0 Å². The minimum atomic E-state index is 0.436. The van der Waals surface area contributed by atoms with E-state index in [0.717, 1.165) is 11.5 Å². The lowest BCUT2D eigenvalue weighted by atomic mass is 10.0. The summed E-state index contributed by atoms with van der Waals surface area (Å²) < 4.78 is 0. The standard InChI is InChI=1S/C9H12.2C8H11N.C7H10N2/c1-8(2)9-6-4-3-5-7-9;1-7(2)8-4-3-5-9-6-8;1-7(2)8-5-3-4-6-9-8;1-6(2)7-8-4-3-5-9-7/h3-8H,1-2H3;2*3-7H,1-2H3;3-6H,1-2H3. The van der Waals surface area contributed by atoms with E-state index in [1.165, 1.54) is 11.1 Å². The lowest BCUT2D eigenvalue weighted by Crippen LogP contribution is -1.93. The van der Waals surface area contributed by atoms with Crippen LogP contribution in [0, 0.1) is 0 Å². The molecule has 0 N–H and O–H groups in total. The van der Waals surface area contributed by atoms with Crippen LogP contribution in [-0.4, -0.2) is 19.9 Å². The van der Waals surface area contributed by atoms with Crippen molar-refractivity contribution < 1.29 is 0 Å². The summed E-state index contributed by atoms with van der Waals surface area (Å²) >= 11 is 0. The number of hydrogen-bond acceptors (Lipinski definition) is 4. The molecule has 1 aromatic carbocycles. The molecule has 4 nitrogen and oxygen atoms in total. The molecule has 0 spiro atoms. The monoisotopic (exact) mass is 484 g/mol. The average molecular weight is 485 g/mol. The van der Waals surface area contributed by atoms with Gasteiger partial charge in [0.1, 0.15) is 5.82 Å². The second-order valence-electron chi connectivity index (χ2n) is 9.68. The Morgan fingerprint density at radius 1 is 0.444 bits per heavy atom. The quantitative estimate of drug-likeness (QED) is 0.290. The maximum absolute atomic E-state index is 4.18. The molecular weight excluding hydrogens is 440 g/mol. The van der Waals surface area contributed by atoms with Crippen LogP contribution in [0.15, 0.2) is 97.7 Å². The molecule has 0 atom stereocenters. The van der Waals surface area contributed by atoms with E-state index in [-0.39, 0.29) is 0 Å². The Balaban J connectivity index is 0.000000240. The third-order valence-electron chi connectivity index (χ3n) is 5.20. The highest BCUT2D eigenvalue weighted by molar-refractivity contribution is 5.17. The average Bonchev–Trinajstić information content (AvgIpc) is 2.92. The molecule has 0 radical (unpaired) electrons. The molecule has 0 unspecified atom stereocenters. The molecular formula is C32H44N4. The van der Waals surface area contributed by atoms with Crippen molar-refractivity contribution in [3.05, 3.63) is 120 Å². The smallest absolute Gasteiger partial charge is 0.130 e. The second-order valence-corrected chi connectivity index (χ2v) is 9.68. The van der Waals surface area contributed by atoms with E-state index < -0.39 is 0 Å². The number of benzene rings is 1.